The van der Waals surface area contributed by atoms with Gasteiger partial charge in [0.25, 0.3) is 0 Å². The Bertz CT molecular complexity index is 720. The molecule has 182 valence electrons. The van der Waals surface area contributed by atoms with E-state index in [-0.39, 0.29) is 24.0 Å². The molecule has 1 heterocycles. The number of rotatable bonds is 8. The third kappa shape index (κ3) is 8.25. The van der Waals surface area contributed by atoms with Crippen molar-refractivity contribution < 1.29 is 4.21 Å². The van der Waals surface area contributed by atoms with Crippen molar-refractivity contribution in [2.75, 3.05) is 52.6 Å². The zero-order chi connectivity index (χ0) is 22.1. The van der Waals surface area contributed by atoms with Crippen LogP contribution in [-0.4, -0.2) is 83.8 Å². The minimum Gasteiger partial charge on any atom is -0.356 e. The maximum absolute atomic E-state index is 12.2. The summed E-state index contributed by atoms with van der Waals surface area (Å²) < 4.78 is 12.2. The Morgan fingerprint density at radius 1 is 1.22 bits per heavy atom. The van der Waals surface area contributed by atoms with Crippen LogP contribution in [0.15, 0.2) is 35.3 Å². The minimum atomic E-state index is -0.692. The van der Waals surface area contributed by atoms with E-state index in [0.29, 0.717) is 17.3 Å². The zero-order valence-electron chi connectivity index (χ0n) is 20.0. The predicted octanol–water partition coefficient (Wildman–Crippen LogP) is 3.23. The van der Waals surface area contributed by atoms with Crippen molar-refractivity contribution in [2.45, 2.75) is 56.4 Å². The summed E-state index contributed by atoms with van der Waals surface area (Å²) in [6.07, 6.45) is 5.45. The van der Waals surface area contributed by atoms with Gasteiger partial charge in [0.05, 0.1) is 0 Å². The lowest BCUT2D eigenvalue weighted by molar-refractivity contribution is 0.0891. The molecule has 0 spiro atoms. The van der Waals surface area contributed by atoms with Gasteiger partial charge in [-0.05, 0) is 38.3 Å². The highest BCUT2D eigenvalue weighted by atomic mass is 127. The Balaban J connectivity index is 0.00000363. The topological polar surface area (TPSA) is 60.0 Å². The molecular formula is C24H42IN5OS. The second-order valence-electron chi connectivity index (χ2n) is 8.88. The van der Waals surface area contributed by atoms with E-state index in [2.05, 4.69) is 62.8 Å². The second kappa shape index (κ2) is 14.5. The molecule has 4 unspecified atom stereocenters. The van der Waals surface area contributed by atoms with Crippen LogP contribution in [0.5, 0.6) is 0 Å². The van der Waals surface area contributed by atoms with Crippen molar-refractivity contribution in [3.8, 4) is 0 Å². The Morgan fingerprint density at radius 3 is 2.72 bits per heavy atom. The first-order valence-corrected chi connectivity index (χ1v) is 13.3. The molecule has 8 heteroatoms. The number of piperazine rings is 1. The average Bonchev–Trinajstić information content (AvgIpc) is 2.81. The fourth-order valence-corrected chi connectivity index (χ4v) is 6.19. The molecule has 3 rings (SSSR count). The SMILES string of the molecule is CCS(=O)C1CCCC(NC(=NC)NCCCN2CCN(C)CC2c2ccccc2)C1.I. The molecule has 1 aliphatic heterocycles. The Hall–Kier alpha value is -0.710. The Kier molecular flexibility index (Phi) is 12.5. The largest absolute Gasteiger partial charge is 0.356 e. The normalized spacial score (nSPS) is 26.2. The standard InChI is InChI=1S/C24H41N5OS.HI/c1-4-31(30)22-13-8-12-21(18-22)27-24(25-2)26-14-9-15-29-17-16-28(3)19-23(29)20-10-6-5-7-11-20;/h5-7,10-11,21-23H,4,8-9,12-19H2,1-3H3,(H2,25,26,27);1H. The highest BCUT2D eigenvalue weighted by Gasteiger charge is 2.27. The van der Waals surface area contributed by atoms with Crippen LogP contribution in [0, 0.1) is 0 Å². The predicted molar refractivity (Wildman–Crippen MR) is 148 cm³/mol. The summed E-state index contributed by atoms with van der Waals surface area (Å²) in [6, 6.07) is 11.7. The van der Waals surface area contributed by atoms with Crippen molar-refractivity contribution >= 4 is 40.7 Å². The molecule has 6 nitrogen and oxygen atoms in total. The Labute approximate surface area is 214 Å². The molecule has 1 saturated heterocycles. The van der Waals surface area contributed by atoms with Crippen LogP contribution in [0.3, 0.4) is 0 Å². The summed E-state index contributed by atoms with van der Waals surface area (Å²) in [6.45, 7) is 7.34. The summed E-state index contributed by atoms with van der Waals surface area (Å²) in [7, 11) is 3.37. The number of hydrogen-bond acceptors (Lipinski definition) is 4. The molecule has 2 aliphatic rings. The maximum atomic E-state index is 12.2. The number of likely N-dealkylation sites (N-methyl/N-ethyl adjacent to an activating group) is 1. The number of halogens is 1. The van der Waals surface area contributed by atoms with Gasteiger partial charge in [-0.2, -0.15) is 0 Å². The van der Waals surface area contributed by atoms with Crippen LogP contribution in [0.1, 0.15) is 50.6 Å². The van der Waals surface area contributed by atoms with Gasteiger partial charge < -0.3 is 15.5 Å². The quantitative estimate of drug-likeness (QED) is 0.216. The van der Waals surface area contributed by atoms with Crippen molar-refractivity contribution in [3.05, 3.63) is 35.9 Å². The number of hydrogen-bond donors (Lipinski definition) is 2. The van der Waals surface area contributed by atoms with Gasteiger partial charge in [0.1, 0.15) is 0 Å². The molecule has 1 aliphatic carbocycles. The number of nitrogens with zero attached hydrogens (tertiary/aromatic N) is 3. The molecule has 1 aromatic rings. The third-order valence-electron chi connectivity index (χ3n) is 6.64. The lowest BCUT2D eigenvalue weighted by Gasteiger charge is -2.40. The molecule has 4 atom stereocenters. The van der Waals surface area contributed by atoms with Crippen LogP contribution in [0.4, 0.5) is 0 Å². The monoisotopic (exact) mass is 575 g/mol. The van der Waals surface area contributed by atoms with Crippen LogP contribution in [0.25, 0.3) is 0 Å². The van der Waals surface area contributed by atoms with Gasteiger partial charge in [-0.15, -0.1) is 24.0 Å². The molecule has 0 radical (unpaired) electrons. The van der Waals surface area contributed by atoms with Crippen molar-refractivity contribution in [3.63, 3.8) is 0 Å². The fraction of sp³-hybridized carbons (Fsp3) is 0.708. The summed E-state index contributed by atoms with van der Waals surface area (Å²) in [4.78, 5) is 9.48. The third-order valence-corrected chi connectivity index (χ3v) is 8.38. The van der Waals surface area contributed by atoms with Gasteiger partial charge in [0.15, 0.2) is 5.96 Å². The number of guanidine groups is 1. The molecule has 0 amide bonds. The molecule has 0 aromatic heterocycles. The number of aliphatic imine (C=N–C) groups is 1. The van der Waals surface area contributed by atoms with E-state index >= 15 is 0 Å². The molecule has 1 aromatic carbocycles. The average molecular weight is 576 g/mol. The van der Waals surface area contributed by atoms with E-state index in [9.17, 15) is 4.21 Å². The number of nitrogens with one attached hydrogen (secondary N) is 2. The molecule has 32 heavy (non-hydrogen) atoms. The first-order chi connectivity index (χ1) is 15.1. The lowest BCUT2D eigenvalue weighted by Crippen LogP contribution is -2.48. The van der Waals surface area contributed by atoms with E-state index < -0.39 is 10.8 Å². The van der Waals surface area contributed by atoms with Gasteiger partial charge in [-0.3, -0.25) is 14.1 Å². The molecular weight excluding hydrogens is 533 g/mol. The lowest BCUT2D eigenvalue weighted by atomic mass is 9.95. The molecule has 2 fully saturated rings. The zero-order valence-corrected chi connectivity index (χ0v) is 23.1. The first-order valence-electron chi connectivity index (χ1n) is 11.9. The maximum Gasteiger partial charge on any atom is 0.191 e. The summed E-state index contributed by atoms with van der Waals surface area (Å²) >= 11 is 0. The van der Waals surface area contributed by atoms with E-state index in [1.165, 1.54) is 5.56 Å². The van der Waals surface area contributed by atoms with Crippen LogP contribution in [-0.2, 0) is 10.8 Å². The fourth-order valence-electron chi connectivity index (χ4n) is 4.84. The Morgan fingerprint density at radius 2 is 2.00 bits per heavy atom. The highest BCUT2D eigenvalue weighted by Crippen LogP contribution is 2.25. The molecule has 2 N–H and O–H groups in total. The van der Waals surface area contributed by atoms with Gasteiger partial charge in [0, 0.05) is 73.7 Å². The number of benzene rings is 1. The van der Waals surface area contributed by atoms with Gasteiger partial charge >= 0.3 is 0 Å². The highest BCUT2D eigenvalue weighted by molar-refractivity contribution is 14.0. The van der Waals surface area contributed by atoms with Gasteiger partial charge in [-0.1, -0.05) is 43.7 Å². The van der Waals surface area contributed by atoms with Crippen molar-refractivity contribution in [1.82, 2.24) is 20.4 Å². The first kappa shape index (κ1) is 27.5. The van der Waals surface area contributed by atoms with Crippen LogP contribution < -0.4 is 10.6 Å². The van der Waals surface area contributed by atoms with Crippen molar-refractivity contribution in [1.29, 1.82) is 0 Å². The minimum absolute atomic E-state index is 0. The van der Waals surface area contributed by atoms with Gasteiger partial charge in [-0.25, -0.2) is 0 Å². The van der Waals surface area contributed by atoms with E-state index in [1.807, 2.05) is 14.0 Å². The van der Waals surface area contributed by atoms with Crippen LogP contribution in [0.2, 0.25) is 0 Å². The smallest absolute Gasteiger partial charge is 0.191 e. The van der Waals surface area contributed by atoms with E-state index in [0.717, 1.165) is 76.5 Å². The van der Waals surface area contributed by atoms with Crippen molar-refractivity contribution in [2.24, 2.45) is 4.99 Å². The molecule has 1 saturated carbocycles. The van der Waals surface area contributed by atoms with Gasteiger partial charge in [0.2, 0.25) is 0 Å². The second-order valence-corrected chi connectivity index (χ2v) is 10.9. The van der Waals surface area contributed by atoms with E-state index in [4.69, 9.17) is 0 Å². The van der Waals surface area contributed by atoms with Crippen LogP contribution >= 0.6 is 24.0 Å². The molecule has 0 bridgehead atoms. The van der Waals surface area contributed by atoms with E-state index in [1.54, 1.807) is 0 Å². The summed E-state index contributed by atoms with van der Waals surface area (Å²) in [5.74, 6) is 1.64. The summed E-state index contributed by atoms with van der Waals surface area (Å²) in [5, 5.41) is 7.42. The summed E-state index contributed by atoms with van der Waals surface area (Å²) in [5.41, 5.74) is 1.41.